The summed E-state index contributed by atoms with van der Waals surface area (Å²) in [6.45, 7) is 6.14. The van der Waals surface area contributed by atoms with E-state index in [-0.39, 0.29) is 0 Å². The summed E-state index contributed by atoms with van der Waals surface area (Å²) in [5, 5.41) is 0.999. The average molecular weight is 255 g/mol. The monoisotopic (exact) mass is 255 g/mol. The van der Waals surface area contributed by atoms with E-state index in [9.17, 15) is 0 Å². The van der Waals surface area contributed by atoms with Crippen molar-refractivity contribution < 1.29 is 0 Å². The molecule has 0 amide bonds. The fraction of sp³-hybridized carbons (Fsp3) is 0.286. The molecule has 0 bridgehead atoms. The second-order valence-electron chi connectivity index (χ2n) is 5.12. The highest BCUT2D eigenvalue weighted by Gasteiger charge is 2.16. The van der Waals surface area contributed by atoms with Crippen LogP contribution in [0, 0.1) is 6.92 Å². The Morgan fingerprint density at radius 2 is 1.89 bits per heavy atom. The molecule has 2 heterocycles. The van der Waals surface area contributed by atoms with Gasteiger partial charge in [-0.1, -0.05) is 32.0 Å². The van der Waals surface area contributed by atoms with Crippen molar-refractivity contribution in [1.82, 2.24) is 14.6 Å². The minimum atomic E-state index is 0.378. The number of hydrogen-bond donors (Lipinski definition) is 2. The number of hydrogen-bond acceptors (Lipinski definition) is 4. The predicted molar refractivity (Wildman–Crippen MR) is 78.4 cm³/mol. The lowest BCUT2D eigenvalue weighted by Gasteiger charge is -2.11. The molecule has 19 heavy (non-hydrogen) atoms. The van der Waals surface area contributed by atoms with Crippen LogP contribution < -0.4 is 11.6 Å². The molecule has 5 heteroatoms. The van der Waals surface area contributed by atoms with Crippen LogP contribution in [0.2, 0.25) is 0 Å². The Balaban J connectivity index is 2.58. The fourth-order valence-electron chi connectivity index (χ4n) is 2.50. The van der Waals surface area contributed by atoms with Gasteiger partial charge in [0.05, 0.1) is 5.52 Å². The Bertz CT molecular complexity index is 785. The number of imidazole rings is 1. The van der Waals surface area contributed by atoms with Gasteiger partial charge >= 0.3 is 0 Å². The molecule has 0 spiro atoms. The molecule has 0 aliphatic heterocycles. The highest BCUT2D eigenvalue weighted by Crippen LogP contribution is 2.31. The summed E-state index contributed by atoms with van der Waals surface area (Å²) in [4.78, 5) is 8.91. The highest BCUT2D eigenvalue weighted by atomic mass is 15.3. The van der Waals surface area contributed by atoms with Crippen molar-refractivity contribution in [2.75, 3.05) is 11.6 Å². The lowest BCUT2D eigenvalue weighted by molar-refractivity contribution is 0.873. The first-order chi connectivity index (χ1) is 9.00. The number of rotatable bonds is 1. The maximum Gasteiger partial charge on any atom is 0.152 e. The third-order valence-corrected chi connectivity index (χ3v) is 3.51. The number of benzene rings is 1. The van der Waals surface area contributed by atoms with Crippen LogP contribution in [0.4, 0.5) is 5.82 Å². The van der Waals surface area contributed by atoms with Gasteiger partial charge in [-0.2, -0.15) is 0 Å². The van der Waals surface area contributed by atoms with Crippen LogP contribution in [-0.2, 0) is 0 Å². The Hall–Kier alpha value is -2.30. The number of anilines is 1. The predicted octanol–water partition coefficient (Wildman–Crippen LogP) is 2.31. The largest absolute Gasteiger partial charge is 0.382 e. The lowest BCUT2D eigenvalue weighted by Crippen LogP contribution is -2.10. The molecule has 4 N–H and O–H groups in total. The molecule has 0 aliphatic carbocycles. The third-order valence-electron chi connectivity index (χ3n) is 3.51. The van der Waals surface area contributed by atoms with Gasteiger partial charge in [0.15, 0.2) is 5.82 Å². The summed E-state index contributed by atoms with van der Waals surface area (Å²) in [7, 11) is 0. The Morgan fingerprint density at radius 3 is 2.58 bits per heavy atom. The maximum atomic E-state index is 6.07. The zero-order chi connectivity index (χ0) is 13.7. The maximum absolute atomic E-state index is 6.07. The van der Waals surface area contributed by atoms with E-state index in [0.29, 0.717) is 17.3 Å². The zero-order valence-electron chi connectivity index (χ0n) is 11.3. The first kappa shape index (κ1) is 11.8. The highest BCUT2D eigenvalue weighted by molar-refractivity contribution is 6.07. The zero-order valence-corrected chi connectivity index (χ0v) is 11.3. The van der Waals surface area contributed by atoms with Gasteiger partial charge in [0, 0.05) is 5.39 Å². The fourth-order valence-corrected chi connectivity index (χ4v) is 2.50. The smallest absolute Gasteiger partial charge is 0.152 e. The van der Waals surface area contributed by atoms with Crippen LogP contribution in [0.5, 0.6) is 0 Å². The third kappa shape index (κ3) is 1.54. The molecule has 5 nitrogen and oxygen atoms in total. The number of aryl methyl sites for hydroxylation is 1. The molecule has 98 valence electrons. The van der Waals surface area contributed by atoms with Crippen molar-refractivity contribution in [2.45, 2.75) is 26.7 Å². The normalized spacial score (nSPS) is 11.8. The summed E-state index contributed by atoms with van der Waals surface area (Å²) in [6, 6.07) is 6.12. The standard InChI is InChI=1S/C14H17N5/c1-7(2)9-5-4-6-10-11(9)18-14(15)12-13(10)19(16)8(3)17-12/h4-7H,16H2,1-3H3,(H2,15,18). The van der Waals surface area contributed by atoms with Gasteiger partial charge in [0.1, 0.15) is 16.9 Å². The molecule has 0 radical (unpaired) electrons. The second kappa shape index (κ2) is 3.85. The SMILES string of the molecule is Cc1nc2c(N)nc3c(C(C)C)cccc3c2n1N. The van der Waals surface area contributed by atoms with Crippen molar-refractivity contribution in [2.24, 2.45) is 0 Å². The number of para-hydroxylation sites is 1. The summed E-state index contributed by atoms with van der Waals surface area (Å²) in [5.74, 6) is 7.61. The van der Waals surface area contributed by atoms with Crippen molar-refractivity contribution >= 4 is 27.8 Å². The molecule has 3 aromatic rings. The molecule has 1 aromatic carbocycles. The number of fused-ring (bicyclic) bond motifs is 3. The van der Waals surface area contributed by atoms with Crippen molar-refractivity contribution in [3.63, 3.8) is 0 Å². The van der Waals surface area contributed by atoms with Gasteiger partial charge in [0.25, 0.3) is 0 Å². The van der Waals surface area contributed by atoms with E-state index in [1.807, 2.05) is 19.1 Å². The van der Waals surface area contributed by atoms with Crippen LogP contribution in [-0.4, -0.2) is 14.6 Å². The van der Waals surface area contributed by atoms with Crippen LogP contribution in [0.1, 0.15) is 31.2 Å². The van der Waals surface area contributed by atoms with E-state index in [1.165, 1.54) is 5.56 Å². The average Bonchev–Trinajstić information content (AvgIpc) is 2.66. The van der Waals surface area contributed by atoms with E-state index >= 15 is 0 Å². The van der Waals surface area contributed by atoms with Crippen molar-refractivity contribution in [3.8, 4) is 0 Å². The van der Waals surface area contributed by atoms with E-state index in [2.05, 4.69) is 29.9 Å². The molecule has 0 aliphatic rings. The molecule has 0 atom stereocenters. The number of nitrogen functional groups attached to an aromatic ring is 2. The summed E-state index contributed by atoms with van der Waals surface area (Å²) >= 11 is 0. The van der Waals surface area contributed by atoms with E-state index < -0.39 is 0 Å². The van der Waals surface area contributed by atoms with Gasteiger partial charge < -0.3 is 11.6 Å². The van der Waals surface area contributed by atoms with E-state index in [1.54, 1.807) is 4.68 Å². The number of nitrogens with zero attached hydrogens (tertiary/aromatic N) is 3. The minimum Gasteiger partial charge on any atom is -0.382 e. The molecule has 2 aromatic heterocycles. The topological polar surface area (TPSA) is 82.8 Å². The number of pyridine rings is 1. The second-order valence-corrected chi connectivity index (χ2v) is 5.12. The molecular weight excluding hydrogens is 238 g/mol. The molecule has 0 fully saturated rings. The van der Waals surface area contributed by atoms with Gasteiger partial charge in [-0.15, -0.1) is 0 Å². The van der Waals surface area contributed by atoms with Gasteiger partial charge in [-0.25, -0.2) is 14.6 Å². The van der Waals surface area contributed by atoms with E-state index in [0.717, 1.165) is 22.2 Å². The minimum absolute atomic E-state index is 0.378. The Kier molecular flexibility index (Phi) is 2.38. The quantitative estimate of drug-likeness (QED) is 0.654. The molecular formula is C14H17N5. The van der Waals surface area contributed by atoms with Crippen LogP contribution in [0.25, 0.3) is 21.9 Å². The van der Waals surface area contributed by atoms with Gasteiger partial charge in [0.2, 0.25) is 0 Å². The van der Waals surface area contributed by atoms with Crippen molar-refractivity contribution in [1.29, 1.82) is 0 Å². The van der Waals surface area contributed by atoms with Gasteiger partial charge in [-0.05, 0) is 18.4 Å². The molecule has 0 saturated heterocycles. The summed E-state index contributed by atoms with van der Waals surface area (Å²) in [6.07, 6.45) is 0. The summed E-state index contributed by atoms with van der Waals surface area (Å²) in [5.41, 5.74) is 9.64. The van der Waals surface area contributed by atoms with E-state index in [4.69, 9.17) is 11.6 Å². The van der Waals surface area contributed by atoms with Gasteiger partial charge in [-0.3, -0.25) is 0 Å². The Morgan fingerprint density at radius 1 is 1.16 bits per heavy atom. The number of aromatic nitrogens is 3. The van der Waals surface area contributed by atoms with Crippen LogP contribution in [0.15, 0.2) is 18.2 Å². The summed E-state index contributed by atoms with van der Waals surface area (Å²) < 4.78 is 1.58. The Labute approximate surface area is 111 Å². The molecule has 3 rings (SSSR count). The van der Waals surface area contributed by atoms with Crippen LogP contribution in [0.3, 0.4) is 0 Å². The molecule has 0 unspecified atom stereocenters. The first-order valence-corrected chi connectivity index (χ1v) is 6.33. The van der Waals surface area contributed by atoms with Crippen LogP contribution >= 0.6 is 0 Å². The van der Waals surface area contributed by atoms with Crippen molar-refractivity contribution in [3.05, 3.63) is 29.6 Å². The number of nitrogens with two attached hydrogens (primary N) is 2. The first-order valence-electron chi connectivity index (χ1n) is 6.33. The molecule has 0 saturated carbocycles. The lowest BCUT2D eigenvalue weighted by atomic mass is 9.99.